The van der Waals surface area contributed by atoms with E-state index in [4.69, 9.17) is 0 Å². The number of benzene rings is 1. The van der Waals surface area contributed by atoms with Crippen LogP contribution in [0, 0.1) is 6.92 Å². The molecule has 1 aromatic carbocycles. The summed E-state index contributed by atoms with van der Waals surface area (Å²) in [6.45, 7) is 2.73. The van der Waals surface area contributed by atoms with Crippen molar-refractivity contribution in [2.24, 2.45) is 0 Å². The molecule has 0 aliphatic heterocycles. The van der Waals surface area contributed by atoms with Crippen molar-refractivity contribution < 1.29 is 4.79 Å². The largest absolute Gasteiger partial charge is 0.354 e. The van der Waals surface area contributed by atoms with E-state index in [1.54, 1.807) is 12.4 Å². The molecule has 0 saturated carbocycles. The Hall–Kier alpha value is -2.62. The van der Waals surface area contributed by atoms with E-state index in [-0.39, 0.29) is 5.91 Å². The second kappa shape index (κ2) is 8.47. The third-order valence-corrected chi connectivity index (χ3v) is 4.54. The molecule has 2 aromatic rings. The lowest BCUT2D eigenvalue weighted by atomic mass is 9.97. The Morgan fingerprint density at radius 2 is 2.08 bits per heavy atom. The van der Waals surface area contributed by atoms with Crippen LogP contribution in [0.25, 0.3) is 0 Å². The highest BCUT2D eigenvalue weighted by Gasteiger charge is 2.09. The Kier molecular flexibility index (Phi) is 5.83. The topological polar surface area (TPSA) is 54.0 Å². The van der Waals surface area contributed by atoms with Gasteiger partial charge in [0.15, 0.2) is 0 Å². The molecule has 4 nitrogen and oxygen atoms in total. The van der Waals surface area contributed by atoms with E-state index in [1.165, 1.54) is 31.3 Å². The van der Waals surface area contributed by atoms with E-state index < -0.39 is 0 Å². The molecule has 1 aromatic heterocycles. The monoisotopic (exact) mass is 335 g/mol. The second-order valence-electron chi connectivity index (χ2n) is 6.52. The van der Waals surface area contributed by atoms with Crippen molar-refractivity contribution >= 4 is 17.3 Å². The first-order chi connectivity index (χ1) is 12.2. The summed E-state index contributed by atoms with van der Waals surface area (Å²) in [5.74, 6) is -0.0719. The van der Waals surface area contributed by atoms with Crippen molar-refractivity contribution in [3.63, 3.8) is 0 Å². The van der Waals surface area contributed by atoms with Crippen LogP contribution in [0.4, 0.5) is 11.4 Å². The molecule has 0 radical (unpaired) electrons. The van der Waals surface area contributed by atoms with E-state index in [0.29, 0.717) is 12.1 Å². The fourth-order valence-electron chi connectivity index (χ4n) is 3.07. The number of para-hydroxylation sites is 1. The number of rotatable bonds is 6. The number of carbonyl (C=O) groups excluding carboxylic acids is 1. The van der Waals surface area contributed by atoms with Gasteiger partial charge in [-0.25, -0.2) is 0 Å². The lowest BCUT2D eigenvalue weighted by Gasteiger charge is -2.13. The van der Waals surface area contributed by atoms with Gasteiger partial charge in [-0.2, -0.15) is 0 Å². The zero-order valence-corrected chi connectivity index (χ0v) is 14.7. The minimum Gasteiger partial charge on any atom is -0.354 e. The Labute approximate surface area is 149 Å². The van der Waals surface area contributed by atoms with Gasteiger partial charge in [0.05, 0.1) is 17.4 Å². The average Bonchev–Trinajstić information content (AvgIpc) is 2.65. The third kappa shape index (κ3) is 4.92. The highest BCUT2D eigenvalue weighted by molar-refractivity contribution is 5.94. The van der Waals surface area contributed by atoms with Gasteiger partial charge in [-0.05, 0) is 56.7 Å². The Bertz CT molecular complexity index is 767. The van der Waals surface area contributed by atoms with Crippen molar-refractivity contribution in [3.8, 4) is 0 Å². The molecule has 0 bridgehead atoms. The summed E-state index contributed by atoms with van der Waals surface area (Å²) in [6.07, 6.45) is 11.5. The van der Waals surface area contributed by atoms with Crippen molar-refractivity contribution in [3.05, 3.63) is 65.5 Å². The minimum absolute atomic E-state index is 0.0719. The van der Waals surface area contributed by atoms with Crippen molar-refractivity contribution in [1.29, 1.82) is 0 Å². The number of pyridine rings is 1. The smallest absolute Gasteiger partial charge is 0.252 e. The fourth-order valence-corrected chi connectivity index (χ4v) is 3.07. The highest BCUT2D eigenvalue weighted by atomic mass is 16.1. The Morgan fingerprint density at radius 1 is 1.20 bits per heavy atom. The molecule has 25 heavy (non-hydrogen) atoms. The van der Waals surface area contributed by atoms with E-state index in [9.17, 15) is 4.79 Å². The lowest BCUT2D eigenvalue weighted by Crippen LogP contribution is -2.25. The summed E-state index contributed by atoms with van der Waals surface area (Å²) in [5.41, 5.74) is 5.04. The number of hydrogen-bond acceptors (Lipinski definition) is 3. The van der Waals surface area contributed by atoms with Gasteiger partial charge in [-0.15, -0.1) is 0 Å². The van der Waals surface area contributed by atoms with Gasteiger partial charge in [-0.3, -0.25) is 9.78 Å². The van der Waals surface area contributed by atoms with Gasteiger partial charge in [0.25, 0.3) is 5.91 Å². The number of allylic oxidation sites excluding steroid dienone is 1. The summed E-state index contributed by atoms with van der Waals surface area (Å²) < 4.78 is 0. The number of nitrogens with one attached hydrogen (secondary N) is 2. The molecule has 0 unspecified atom stereocenters. The molecule has 1 aliphatic carbocycles. The summed E-state index contributed by atoms with van der Waals surface area (Å²) >= 11 is 0. The van der Waals surface area contributed by atoms with Crippen molar-refractivity contribution in [1.82, 2.24) is 10.3 Å². The number of carbonyl (C=O) groups is 1. The van der Waals surface area contributed by atoms with Crippen LogP contribution >= 0.6 is 0 Å². The lowest BCUT2D eigenvalue weighted by molar-refractivity contribution is 0.0953. The number of hydrogen-bond donors (Lipinski definition) is 2. The van der Waals surface area contributed by atoms with Crippen LogP contribution in [0.2, 0.25) is 0 Å². The molecule has 3 rings (SSSR count). The average molecular weight is 335 g/mol. The molecular formula is C21H25N3O. The highest BCUT2D eigenvalue weighted by Crippen LogP contribution is 2.21. The summed E-state index contributed by atoms with van der Waals surface area (Å²) in [5, 5.41) is 6.32. The van der Waals surface area contributed by atoms with E-state index in [2.05, 4.69) is 21.7 Å². The molecule has 1 heterocycles. The van der Waals surface area contributed by atoms with Crippen molar-refractivity contribution in [2.45, 2.75) is 39.0 Å². The van der Waals surface area contributed by atoms with Gasteiger partial charge in [0, 0.05) is 18.4 Å². The van der Waals surface area contributed by atoms with E-state index in [0.717, 1.165) is 23.4 Å². The molecule has 2 N–H and O–H groups in total. The van der Waals surface area contributed by atoms with E-state index >= 15 is 0 Å². The van der Waals surface area contributed by atoms with Crippen LogP contribution in [0.1, 0.15) is 48.0 Å². The van der Waals surface area contributed by atoms with Crippen molar-refractivity contribution in [2.75, 3.05) is 11.9 Å². The van der Waals surface area contributed by atoms with Crippen LogP contribution in [-0.4, -0.2) is 17.4 Å². The minimum atomic E-state index is -0.0719. The second-order valence-corrected chi connectivity index (χ2v) is 6.52. The Balaban J connectivity index is 1.57. The maximum absolute atomic E-state index is 12.4. The van der Waals surface area contributed by atoms with Gasteiger partial charge in [-0.1, -0.05) is 29.8 Å². The molecule has 0 fully saturated rings. The van der Waals surface area contributed by atoms with Crippen LogP contribution in [0.5, 0.6) is 0 Å². The van der Waals surface area contributed by atoms with Gasteiger partial charge in [0.2, 0.25) is 0 Å². The molecule has 4 heteroatoms. The molecule has 0 saturated heterocycles. The zero-order valence-electron chi connectivity index (χ0n) is 14.7. The number of anilines is 2. The van der Waals surface area contributed by atoms with Gasteiger partial charge >= 0.3 is 0 Å². The first-order valence-electron chi connectivity index (χ1n) is 8.96. The summed E-state index contributed by atoms with van der Waals surface area (Å²) in [4.78, 5) is 16.6. The molecular weight excluding hydrogens is 310 g/mol. The predicted octanol–water partition coefficient (Wildman–Crippen LogP) is 4.75. The predicted molar refractivity (Wildman–Crippen MR) is 102 cm³/mol. The molecule has 0 spiro atoms. The van der Waals surface area contributed by atoms with E-state index in [1.807, 2.05) is 37.3 Å². The van der Waals surface area contributed by atoms with Gasteiger partial charge < -0.3 is 10.6 Å². The SMILES string of the molecule is Cc1ccccc1Nc1cncc(C(=O)NCCC2=CCCCC2)c1. The number of amides is 1. The van der Waals surface area contributed by atoms with Crippen LogP contribution in [0.3, 0.4) is 0 Å². The summed E-state index contributed by atoms with van der Waals surface area (Å²) in [7, 11) is 0. The normalized spacial score (nSPS) is 13.9. The first kappa shape index (κ1) is 17.2. The quantitative estimate of drug-likeness (QED) is 0.749. The van der Waals surface area contributed by atoms with Crippen LogP contribution in [0.15, 0.2) is 54.4 Å². The number of nitrogens with zero attached hydrogens (tertiary/aromatic N) is 1. The third-order valence-electron chi connectivity index (χ3n) is 4.54. The number of aromatic nitrogens is 1. The zero-order chi connectivity index (χ0) is 17.5. The fraction of sp³-hybridized carbons (Fsp3) is 0.333. The van der Waals surface area contributed by atoms with Gasteiger partial charge in [0.1, 0.15) is 0 Å². The van der Waals surface area contributed by atoms with Crippen LogP contribution in [-0.2, 0) is 0 Å². The maximum Gasteiger partial charge on any atom is 0.252 e. The summed E-state index contributed by atoms with van der Waals surface area (Å²) in [6, 6.07) is 9.89. The number of aryl methyl sites for hydroxylation is 1. The molecule has 1 aliphatic rings. The molecule has 1 amide bonds. The Morgan fingerprint density at radius 3 is 2.88 bits per heavy atom. The molecule has 0 atom stereocenters. The standard InChI is InChI=1S/C21H25N3O/c1-16-7-5-6-10-20(16)24-19-13-18(14-22-15-19)21(25)23-12-11-17-8-3-2-4-9-17/h5-8,10,13-15,24H,2-4,9,11-12H2,1H3,(H,23,25). The maximum atomic E-state index is 12.4. The molecule has 130 valence electrons. The first-order valence-corrected chi connectivity index (χ1v) is 8.96. The van der Waals surface area contributed by atoms with Crippen LogP contribution < -0.4 is 10.6 Å².